The number of hydrogen-bond acceptors (Lipinski definition) is 2. The second kappa shape index (κ2) is 3.38. The van der Waals surface area contributed by atoms with Crippen molar-refractivity contribution in [3.05, 3.63) is 0 Å². The summed E-state index contributed by atoms with van der Waals surface area (Å²) >= 11 is 0. The van der Waals surface area contributed by atoms with Gasteiger partial charge in [0.1, 0.15) is 6.42 Å². The average Bonchev–Trinajstić information content (AvgIpc) is 2.36. The van der Waals surface area contributed by atoms with Gasteiger partial charge in [-0.15, -0.1) is 0 Å². The van der Waals surface area contributed by atoms with Gasteiger partial charge in [0, 0.05) is 13.1 Å². The summed E-state index contributed by atoms with van der Waals surface area (Å²) in [7, 11) is 0. The Morgan fingerprint density at radius 2 is 2.55 bits per heavy atom. The lowest BCUT2D eigenvalue weighted by molar-refractivity contribution is -0.129. The van der Waals surface area contributed by atoms with Crippen LogP contribution in [0.15, 0.2) is 0 Å². The monoisotopic (exact) mass is 152 g/mol. The van der Waals surface area contributed by atoms with Crippen LogP contribution in [0.4, 0.5) is 0 Å². The normalized spacial score (nSPS) is 23.3. The maximum absolute atomic E-state index is 11.1. The number of amides is 1. The van der Waals surface area contributed by atoms with Crippen LogP contribution in [0, 0.1) is 17.2 Å². The molecule has 1 aliphatic heterocycles. The zero-order valence-electron chi connectivity index (χ0n) is 6.71. The van der Waals surface area contributed by atoms with E-state index in [4.69, 9.17) is 5.26 Å². The summed E-state index contributed by atoms with van der Waals surface area (Å²) < 4.78 is 0. The first-order valence-corrected chi connectivity index (χ1v) is 3.88. The number of carbonyl (C=O) groups is 1. The van der Waals surface area contributed by atoms with Gasteiger partial charge in [0.25, 0.3) is 0 Å². The molecule has 0 aromatic rings. The second-order valence-electron chi connectivity index (χ2n) is 3.07. The van der Waals surface area contributed by atoms with Gasteiger partial charge in [-0.1, -0.05) is 6.92 Å². The maximum atomic E-state index is 11.1. The van der Waals surface area contributed by atoms with Gasteiger partial charge in [-0.3, -0.25) is 4.79 Å². The molecule has 1 atom stereocenters. The summed E-state index contributed by atoms with van der Waals surface area (Å²) in [5.41, 5.74) is 0. The van der Waals surface area contributed by atoms with Gasteiger partial charge < -0.3 is 4.90 Å². The zero-order chi connectivity index (χ0) is 8.27. The smallest absolute Gasteiger partial charge is 0.236 e. The predicted molar refractivity (Wildman–Crippen MR) is 40.6 cm³/mol. The van der Waals surface area contributed by atoms with Crippen LogP contribution in [0.3, 0.4) is 0 Å². The zero-order valence-corrected chi connectivity index (χ0v) is 6.71. The van der Waals surface area contributed by atoms with Crippen molar-refractivity contribution in [3.63, 3.8) is 0 Å². The minimum atomic E-state index is -0.0168. The summed E-state index contributed by atoms with van der Waals surface area (Å²) in [5.74, 6) is 0.592. The van der Waals surface area contributed by atoms with Gasteiger partial charge >= 0.3 is 0 Å². The molecule has 3 nitrogen and oxygen atoms in total. The molecule has 1 unspecified atom stereocenters. The molecule has 0 saturated carbocycles. The fourth-order valence-corrected chi connectivity index (χ4v) is 1.34. The Kier molecular flexibility index (Phi) is 2.48. The predicted octanol–water partition coefficient (Wildman–Crippen LogP) is 0.768. The van der Waals surface area contributed by atoms with Gasteiger partial charge in [-0.05, 0) is 12.3 Å². The third-order valence-electron chi connectivity index (χ3n) is 2.01. The van der Waals surface area contributed by atoms with Crippen molar-refractivity contribution in [2.45, 2.75) is 19.8 Å². The van der Waals surface area contributed by atoms with Crippen molar-refractivity contribution in [3.8, 4) is 6.07 Å². The summed E-state index contributed by atoms with van der Waals surface area (Å²) in [5, 5.41) is 8.27. The summed E-state index contributed by atoms with van der Waals surface area (Å²) in [4.78, 5) is 12.9. The van der Waals surface area contributed by atoms with Gasteiger partial charge in [0.2, 0.25) is 5.91 Å². The van der Waals surface area contributed by atoms with Crippen molar-refractivity contribution in [2.75, 3.05) is 13.1 Å². The molecule has 1 saturated heterocycles. The number of likely N-dealkylation sites (tertiary alicyclic amines) is 1. The van der Waals surface area contributed by atoms with E-state index in [1.807, 2.05) is 6.07 Å². The Hall–Kier alpha value is -1.04. The van der Waals surface area contributed by atoms with Crippen LogP contribution in [0.5, 0.6) is 0 Å². The Balaban J connectivity index is 2.38. The molecule has 0 N–H and O–H groups in total. The Labute approximate surface area is 66.6 Å². The van der Waals surface area contributed by atoms with Crippen molar-refractivity contribution < 1.29 is 4.79 Å². The highest BCUT2D eigenvalue weighted by molar-refractivity contribution is 5.78. The SMILES string of the molecule is CC1CCN(C(=O)CC#N)C1. The molecule has 1 amide bonds. The minimum Gasteiger partial charge on any atom is -0.342 e. The van der Waals surface area contributed by atoms with Crippen LogP contribution < -0.4 is 0 Å². The second-order valence-corrected chi connectivity index (χ2v) is 3.07. The number of nitrogens with zero attached hydrogens (tertiary/aromatic N) is 2. The summed E-state index contributed by atoms with van der Waals surface area (Å²) in [6.07, 6.45) is 1.11. The molecule has 1 fully saturated rings. The quantitative estimate of drug-likeness (QED) is 0.557. The topological polar surface area (TPSA) is 44.1 Å². The summed E-state index contributed by atoms with van der Waals surface area (Å²) in [6, 6.07) is 1.87. The first kappa shape index (κ1) is 8.06. The van der Waals surface area contributed by atoms with E-state index >= 15 is 0 Å². The van der Waals surface area contributed by atoms with E-state index in [0.29, 0.717) is 5.92 Å². The Morgan fingerprint density at radius 1 is 1.82 bits per heavy atom. The number of carbonyl (C=O) groups excluding carboxylic acids is 1. The molecular weight excluding hydrogens is 140 g/mol. The molecule has 0 bridgehead atoms. The van der Waals surface area contributed by atoms with Crippen LogP contribution >= 0.6 is 0 Å². The van der Waals surface area contributed by atoms with E-state index < -0.39 is 0 Å². The lowest BCUT2D eigenvalue weighted by atomic mass is 10.2. The van der Waals surface area contributed by atoms with Crippen molar-refractivity contribution >= 4 is 5.91 Å². The molecule has 0 aliphatic carbocycles. The number of nitriles is 1. The maximum Gasteiger partial charge on any atom is 0.236 e. The van der Waals surface area contributed by atoms with Crippen molar-refractivity contribution in [2.24, 2.45) is 5.92 Å². The highest BCUT2D eigenvalue weighted by Crippen LogP contribution is 2.15. The highest BCUT2D eigenvalue weighted by atomic mass is 16.2. The van der Waals surface area contributed by atoms with Crippen LogP contribution in [0.1, 0.15) is 19.8 Å². The van der Waals surface area contributed by atoms with E-state index in [1.165, 1.54) is 0 Å². The van der Waals surface area contributed by atoms with E-state index in [-0.39, 0.29) is 12.3 Å². The van der Waals surface area contributed by atoms with E-state index in [9.17, 15) is 4.79 Å². The minimum absolute atomic E-state index is 0.0168. The molecule has 0 aromatic heterocycles. The Bertz CT molecular complexity index is 195. The first-order valence-electron chi connectivity index (χ1n) is 3.88. The molecule has 0 aromatic carbocycles. The van der Waals surface area contributed by atoms with Crippen LogP contribution in [0.25, 0.3) is 0 Å². The van der Waals surface area contributed by atoms with E-state index in [2.05, 4.69) is 6.92 Å². The van der Waals surface area contributed by atoms with Crippen LogP contribution in [-0.2, 0) is 4.79 Å². The molecule has 1 aliphatic rings. The molecule has 11 heavy (non-hydrogen) atoms. The van der Waals surface area contributed by atoms with Gasteiger partial charge in [-0.2, -0.15) is 5.26 Å². The van der Waals surface area contributed by atoms with Crippen molar-refractivity contribution in [1.29, 1.82) is 5.26 Å². The average molecular weight is 152 g/mol. The van der Waals surface area contributed by atoms with Gasteiger partial charge in [0.15, 0.2) is 0 Å². The first-order chi connectivity index (χ1) is 5.24. The molecule has 1 rings (SSSR count). The largest absolute Gasteiger partial charge is 0.342 e. The number of rotatable bonds is 1. The lowest BCUT2D eigenvalue weighted by Gasteiger charge is -2.12. The fraction of sp³-hybridized carbons (Fsp3) is 0.750. The number of hydrogen-bond donors (Lipinski definition) is 0. The third-order valence-corrected chi connectivity index (χ3v) is 2.01. The third kappa shape index (κ3) is 1.94. The molecule has 60 valence electrons. The van der Waals surface area contributed by atoms with E-state index in [1.54, 1.807) is 4.90 Å². The Morgan fingerprint density at radius 3 is 3.00 bits per heavy atom. The molecule has 0 radical (unpaired) electrons. The standard InChI is InChI=1S/C8H12N2O/c1-7-3-5-10(6-7)8(11)2-4-9/h7H,2-3,5-6H2,1H3. The van der Waals surface area contributed by atoms with Gasteiger partial charge in [-0.25, -0.2) is 0 Å². The molecule has 0 spiro atoms. The molecule has 3 heteroatoms. The summed E-state index contributed by atoms with van der Waals surface area (Å²) in [6.45, 7) is 3.79. The van der Waals surface area contributed by atoms with Crippen LogP contribution in [-0.4, -0.2) is 23.9 Å². The van der Waals surface area contributed by atoms with Crippen molar-refractivity contribution in [1.82, 2.24) is 4.90 Å². The van der Waals surface area contributed by atoms with E-state index in [0.717, 1.165) is 19.5 Å². The molecular formula is C8H12N2O. The highest BCUT2D eigenvalue weighted by Gasteiger charge is 2.22. The van der Waals surface area contributed by atoms with Crippen LogP contribution in [0.2, 0.25) is 0 Å². The molecule has 1 heterocycles. The lowest BCUT2D eigenvalue weighted by Crippen LogP contribution is -2.27. The fourth-order valence-electron chi connectivity index (χ4n) is 1.34. The van der Waals surface area contributed by atoms with Gasteiger partial charge in [0.05, 0.1) is 6.07 Å².